The van der Waals surface area contributed by atoms with Gasteiger partial charge in [-0.05, 0) is 25.0 Å². The molecule has 0 aliphatic rings. The van der Waals surface area contributed by atoms with Gasteiger partial charge in [-0.15, -0.1) is 0 Å². The van der Waals surface area contributed by atoms with Crippen LogP contribution in [0.4, 0.5) is 0 Å². The van der Waals surface area contributed by atoms with Crippen LogP contribution in [0, 0.1) is 11.3 Å². The quantitative estimate of drug-likeness (QED) is 0.425. The molecule has 6 heteroatoms. The molecular formula is C16H19N3O2S. The molecule has 0 atom stereocenters. The number of fused-ring (bicyclic) bond motifs is 1. The highest BCUT2D eigenvalue weighted by atomic mass is 32.2. The van der Waals surface area contributed by atoms with E-state index in [1.807, 2.05) is 24.3 Å². The zero-order chi connectivity index (χ0) is 15.8. The third-order valence-electron chi connectivity index (χ3n) is 3.22. The Kier molecular flexibility index (Phi) is 6.44. The predicted molar refractivity (Wildman–Crippen MR) is 88.1 cm³/mol. The number of hydrogen-bond acceptors (Lipinski definition) is 5. The number of nitrogens with zero attached hydrogens (tertiary/aromatic N) is 3. The van der Waals surface area contributed by atoms with Gasteiger partial charge in [-0.25, -0.2) is 4.98 Å². The molecule has 1 aromatic heterocycles. The minimum Gasteiger partial charge on any atom is -0.385 e. The summed E-state index contributed by atoms with van der Waals surface area (Å²) in [5, 5.41) is 9.96. The zero-order valence-corrected chi connectivity index (χ0v) is 13.4. The van der Waals surface area contributed by atoms with Crippen LogP contribution in [0.2, 0.25) is 0 Å². The molecule has 0 bridgehead atoms. The first kappa shape index (κ1) is 16.5. The molecule has 22 heavy (non-hydrogen) atoms. The van der Waals surface area contributed by atoms with Gasteiger partial charge in [0.25, 0.3) is 5.56 Å². The molecule has 1 heterocycles. The maximum atomic E-state index is 12.6. The largest absolute Gasteiger partial charge is 0.385 e. The topological polar surface area (TPSA) is 67.9 Å². The first-order chi connectivity index (χ1) is 10.8. The number of nitriles is 1. The molecule has 0 N–H and O–H groups in total. The van der Waals surface area contributed by atoms with Crippen LogP contribution in [0.15, 0.2) is 34.2 Å². The van der Waals surface area contributed by atoms with Crippen molar-refractivity contribution in [3.05, 3.63) is 34.6 Å². The van der Waals surface area contributed by atoms with Crippen molar-refractivity contribution in [2.45, 2.75) is 31.0 Å². The van der Waals surface area contributed by atoms with Crippen molar-refractivity contribution in [3.63, 3.8) is 0 Å². The van der Waals surface area contributed by atoms with Crippen LogP contribution in [0.1, 0.15) is 19.3 Å². The minimum atomic E-state index is -0.00973. The lowest BCUT2D eigenvalue weighted by Gasteiger charge is -2.12. The maximum absolute atomic E-state index is 12.6. The van der Waals surface area contributed by atoms with E-state index in [0.717, 1.165) is 29.3 Å². The molecule has 5 nitrogen and oxygen atoms in total. The van der Waals surface area contributed by atoms with E-state index in [1.54, 1.807) is 11.7 Å². The van der Waals surface area contributed by atoms with E-state index in [1.165, 1.54) is 11.8 Å². The van der Waals surface area contributed by atoms with E-state index < -0.39 is 0 Å². The molecule has 0 aliphatic carbocycles. The van der Waals surface area contributed by atoms with Crippen molar-refractivity contribution in [2.75, 3.05) is 19.5 Å². The lowest BCUT2D eigenvalue weighted by molar-refractivity contribution is 0.189. The Morgan fingerprint density at radius 1 is 1.36 bits per heavy atom. The molecule has 0 fully saturated rings. The Morgan fingerprint density at radius 2 is 2.18 bits per heavy atom. The Bertz CT molecular complexity index is 721. The smallest absolute Gasteiger partial charge is 0.262 e. The number of thioether (sulfide) groups is 1. The van der Waals surface area contributed by atoms with Crippen molar-refractivity contribution in [3.8, 4) is 6.07 Å². The number of unbranched alkanes of at least 4 members (excludes halogenated alkanes) is 1. The van der Waals surface area contributed by atoms with Gasteiger partial charge in [-0.3, -0.25) is 9.36 Å². The van der Waals surface area contributed by atoms with Gasteiger partial charge in [-0.2, -0.15) is 5.26 Å². The third kappa shape index (κ3) is 4.09. The number of benzene rings is 1. The molecular weight excluding hydrogens is 298 g/mol. The first-order valence-electron chi connectivity index (χ1n) is 7.26. The van der Waals surface area contributed by atoms with Crippen LogP contribution >= 0.6 is 11.8 Å². The lowest BCUT2D eigenvalue weighted by atomic mass is 10.2. The summed E-state index contributed by atoms with van der Waals surface area (Å²) < 4.78 is 6.79. The summed E-state index contributed by atoms with van der Waals surface area (Å²) in [6.45, 7) is 1.20. The van der Waals surface area contributed by atoms with E-state index in [2.05, 4.69) is 11.1 Å². The fourth-order valence-corrected chi connectivity index (χ4v) is 3.10. The molecule has 0 amide bonds. The van der Waals surface area contributed by atoms with Crippen molar-refractivity contribution >= 4 is 22.7 Å². The van der Waals surface area contributed by atoms with Crippen LogP contribution in [0.5, 0.6) is 0 Å². The average molecular weight is 317 g/mol. The van der Waals surface area contributed by atoms with Gasteiger partial charge in [-0.1, -0.05) is 23.9 Å². The second kappa shape index (κ2) is 8.57. The van der Waals surface area contributed by atoms with E-state index in [4.69, 9.17) is 10.00 Å². The molecule has 2 rings (SSSR count). The van der Waals surface area contributed by atoms with Gasteiger partial charge < -0.3 is 4.74 Å². The second-order valence-corrected chi connectivity index (χ2v) is 5.89. The summed E-state index contributed by atoms with van der Waals surface area (Å²) >= 11 is 1.53. The van der Waals surface area contributed by atoms with E-state index in [0.29, 0.717) is 25.0 Å². The average Bonchev–Trinajstić information content (AvgIpc) is 2.54. The number of aromatic nitrogens is 2. The van der Waals surface area contributed by atoms with E-state index in [-0.39, 0.29) is 5.56 Å². The Hall–Kier alpha value is -1.84. The summed E-state index contributed by atoms with van der Waals surface area (Å²) in [5.74, 6) is 0.780. The molecule has 2 aromatic rings. The van der Waals surface area contributed by atoms with Gasteiger partial charge >= 0.3 is 0 Å². The van der Waals surface area contributed by atoms with Gasteiger partial charge in [0, 0.05) is 32.4 Å². The third-order valence-corrected chi connectivity index (χ3v) is 4.28. The lowest BCUT2D eigenvalue weighted by Crippen LogP contribution is -2.24. The molecule has 0 aliphatic heterocycles. The number of methoxy groups -OCH3 is 1. The maximum Gasteiger partial charge on any atom is 0.262 e. The van der Waals surface area contributed by atoms with Crippen molar-refractivity contribution in [1.82, 2.24) is 9.55 Å². The number of rotatable bonds is 8. The van der Waals surface area contributed by atoms with Gasteiger partial charge in [0.05, 0.1) is 17.0 Å². The van der Waals surface area contributed by atoms with Gasteiger partial charge in [0.1, 0.15) is 0 Å². The summed E-state index contributed by atoms with van der Waals surface area (Å²) in [6.07, 6.45) is 2.08. The number of ether oxygens (including phenoxy) is 1. The molecule has 1 aromatic carbocycles. The molecule has 116 valence electrons. The number of hydrogen-bond donors (Lipinski definition) is 0. The van der Waals surface area contributed by atoms with Crippen molar-refractivity contribution in [1.29, 1.82) is 5.26 Å². The predicted octanol–water partition coefficient (Wildman–Crippen LogP) is 2.83. The second-order valence-electron chi connectivity index (χ2n) is 4.82. The Labute approximate surface area is 133 Å². The normalized spacial score (nSPS) is 10.7. The van der Waals surface area contributed by atoms with E-state index in [9.17, 15) is 4.79 Å². The Balaban J connectivity index is 2.31. The van der Waals surface area contributed by atoms with E-state index >= 15 is 0 Å². The summed E-state index contributed by atoms with van der Waals surface area (Å²) in [6, 6.07) is 9.53. The Morgan fingerprint density at radius 3 is 2.95 bits per heavy atom. The first-order valence-corrected chi connectivity index (χ1v) is 8.24. The van der Waals surface area contributed by atoms with Crippen LogP contribution in [-0.2, 0) is 11.3 Å². The standard InChI is InChI=1S/C16H19N3O2S/c1-21-11-6-10-19-15(20)13-7-2-3-8-14(13)18-16(19)22-12-5-4-9-17/h2-3,7-8H,4-6,10-12H2,1H3. The van der Waals surface area contributed by atoms with Gasteiger partial charge in [0.2, 0.25) is 0 Å². The fraction of sp³-hybridized carbons (Fsp3) is 0.438. The van der Waals surface area contributed by atoms with Crippen LogP contribution in [0.3, 0.4) is 0 Å². The highest BCUT2D eigenvalue weighted by Gasteiger charge is 2.11. The van der Waals surface area contributed by atoms with Crippen molar-refractivity contribution < 1.29 is 4.74 Å². The monoisotopic (exact) mass is 317 g/mol. The van der Waals surface area contributed by atoms with Crippen molar-refractivity contribution in [2.24, 2.45) is 0 Å². The SMILES string of the molecule is COCCCn1c(SCCCC#N)nc2ccccc2c1=O. The molecule has 0 saturated carbocycles. The number of para-hydroxylation sites is 1. The summed E-state index contributed by atoms with van der Waals surface area (Å²) in [7, 11) is 1.65. The molecule has 0 saturated heterocycles. The summed E-state index contributed by atoms with van der Waals surface area (Å²) in [5.41, 5.74) is 0.711. The highest BCUT2D eigenvalue weighted by Crippen LogP contribution is 2.19. The van der Waals surface area contributed by atoms with Gasteiger partial charge in [0.15, 0.2) is 5.16 Å². The zero-order valence-electron chi connectivity index (χ0n) is 12.6. The minimum absolute atomic E-state index is 0.00973. The highest BCUT2D eigenvalue weighted by molar-refractivity contribution is 7.99. The van der Waals surface area contributed by atoms with Crippen LogP contribution in [0.25, 0.3) is 10.9 Å². The summed E-state index contributed by atoms with van der Waals surface area (Å²) in [4.78, 5) is 17.3. The molecule has 0 spiro atoms. The molecule has 0 radical (unpaired) electrons. The fourth-order valence-electron chi connectivity index (χ4n) is 2.14. The van der Waals surface area contributed by atoms with Crippen LogP contribution < -0.4 is 5.56 Å². The molecule has 0 unspecified atom stereocenters. The van der Waals surface area contributed by atoms with Crippen LogP contribution in [-0.4, -0.2) is 29.0 Å².